The quantitative estimate of drug-likeness (QED) is 0.465. The summed E-state index contributed by atoms with van der Waals surface area (Å²) < 4.78 is 15.3. The Bertz CT molecular complexity index is 1070. The smallest absolute Gasteiger partial charge is 0.340 e. The summed E-state index contributed by atoms with van der Waals surface area (Å²) in [5, 5.41) is 0.849. The van der Waals surface area contributed by atoms with Crippen molar-refractivity contribution >= 4 is 28.9 Å². The number of nitrogens with zero attached hydrogens (tertiary/aromatic N) is 1. The average molecular weight is 391 g/mol. The third kappa shape index (κ3) is 4.60. The number of hydrogen-bond donors (Lipinski definition) is 0. The summed E-state index contributed by atoms with van der Waals surface area (Å²) in [7, 11) is 2.90. The van der Waals surface area contributed by atoms with Crippen molar-refractivity contribution in [3.05, 3.63) is 77.0 Å². The lowest BCUT2D eigenvalue weighted by Gasteiger charge is -2.13. The zero-order chi connectivity index (χ0) is 20.8. The molecule has 0 aliphatic heterocycles. The van der Waals surface area contributed by atoms with Gasteiger partial charge in [0.15, 0.2) is 0 Å². The van der Waals surface area contributed by atoms with E-state index in [1.807, 2.05) is 43.3 Å². The summed E-state index contributed by atoms with van der Waals surface area (Å²) in [4.78, 5) is 28.9. The van der Waals surface area contributed by atoms with E-state index in [1.54, 1.807) is 25.3 Å². The van der Waals surface area contributed by atoms with Crippen molar-refractivity contribution in [2.45, 2.75) is 13.5 Å². The molecule has 0 saturated carbocycles. The van der Waals surface area contributed by atoms with E-state index in [0.717, 1.165) is 27.8 Å². The van der Waals surface area contributed by atoms with Gasteiger partial charge in [-0.25, -0.2) is 14.6 Å². The number of rotatable bonds is 6. The minimum atomic E-state index is -0.538. The molecule has 0 amide bonds. The van der Waals surface area contributed by atoms with Crippen molar-refractivity contribution in [3.8, 4) is 5.75 Å². The molecule has 0 unspecified atom stereocenters. The van der Waals surface area contributed by atoms with Crippen molar-refractivity contribution in [2.24, 2.45) is 0 Å². The van der Waals surface area contributed by atoms with E-state index in [4.69, 9.17) is 14.2 Å². The normalized spacial score (nSPS) is 10.9. The highest BCUT2D eigenvalue weighted by molar-refractivity contribution is 5.98. The van der Waals surface area contributed by atoms with E-state index in [-0.39, 0.29) is 6.61 Å². The molecule has 0 radical (unpaired) electrons. The molecule has 1 heterocycles. The largest absolute Gasteiger partial charge is 0.497 e. The van der Waals surface area contributed by atoms with Crippen molar-refractivity contribution in [3.63, 3.8) is 0 Å². The third-order valence-corrected chi connectivity index (χ3v) is 4.50. The molecule has 3 aromatic rings. The van der Waals surface area contributed by atoms with E-state index in [1.165, 1.54) is 13.2 Å². The standard InChI is InChI=1S/C23H21NO5/c1-15-18-6-4-5-7-19(18)24-20(22(15)23(26)28-3)14-29-21(25)13-10-16-8-11-17(27-2)12-9-16/h4-13H,14H2,1-3H3/b13-10+. The number of hydrogen-bond acceptors (Lipinski definition) is 6. The predicted octanol–water partition coefficient (Wildman–Crippen LogP) is 4.10. The predicted molar refractivity (Wildman–Crippen MR) is 110 cm³/mol. The molecule has 0 atom stereocenters. The lowest BCUT2D eigenvalue weighted by Crippen LogP contribution is -2.13. The SMILES string of the molecule is COC(=O)c1c(COC(=O)/C=C/c2ccc(OC)cc2)nc2ccccc2c1C. The van der Waals surface area contributed by atoms with Gasteiger partial charge in [-0.3, -0.25) is 0 Å². The van der Waals surface area contributed by atoms with E-state index in [2.05, 4.69) is 4.98 Å². The summed E-state index contributed by atoms with van der Waals surface area (Å²) in [6.45, 7) is 1.69. The zero-order valence-electron chi connectivity index (χ0n) is 16.5. The Morgan fingerprint density at radius 1 is 1.03 bits per heavy atom. The molecule has 0 fully saturated rings. The Balaban J connectivity index is 1.79. The van der Waals surface area contributed by atoms with Gasteiger partial charge in [-0.15, -0.1) is 0 Å². The molecule has 2 aromatic carbocycles. The first-order valence-corrected chi connectivity index (χ1v) is 8.99. The number of carbonyl (C=O) groups is 2. The number of esters is 2. The van der Waals surface area contributed by atoms with Crippen LogP contribution in [0.1, 0.15) is 27.2 Å². The van der Waals surface area contributed by atoms with Gasteiger partial charge < -0.3 is 14.2 Å². The molecule has 3 rings (SSSR count). The molecule has 148 valence electrons. The molecule has 0 N–H and O–H groups in total. The molecule has 1 aromatic heterocycles. The first kappa shape index (κ1) is 20.1. The maximum Gasteiger partial charge on any atom is 0.340 e. The van der Waals surface area contributed by atoms with Crippen LogP contribution in [0.5, 0.6) is 5.75 Å². The van der Waals surface area contributed by atoms with Crippen LogP contribution in [0.25, 0.3) is 17.0 Å². The van der Waals surface area contributed by atoms with E-state index in [9.17, 15) is 9.59 Å². The van der Waals surface area contributed by atoms with Gasteiger partial charge in [-0.2, -0.15) is 0 Å². The van der Waals surface area contributed by atoms with E-state index < -0.39 is 11.9 Å². The summed E-state index contributed by atoms with van der Waals surface area (Å²) >= 11 is 0. The Morgan fingerprint density at radius 3 is 2.45 bits per heavy atom. The number of ether oxygens (including phenoxy) is 3. The fraction of sp³-hybridized carbons (Fsp3) is 0.174. The van der Waals surface area contributed by atoms with E-state index >= 15 is 0 Å². The average Bonchev–Trinajstić information content (AvgIpc) is 2.76. The molecular formula is C23H21NO5. The highest BCUT2D eigenvalue weighted by atomic mass is 16.5. The van der Waals surface area contributed by atoms with Gasteiger partial charge >= 0.3 is 11.9 Å². The molecule has 0 aliphatic rings. The topological polar surface area (TPSA) is 74.7 Å². The van der Waals surface area contributed by atoms with Gasteiger partial charge in [0.1, 0.15) is 12.4 Å². The van der Waals surface area contributed by atoms with Gasteiger partial charge in [0.2, 0.25) is 0 Å². The summed E-state index contributed by atoms with van der Waals surface area (Å²) in [5.74, 6) is -0.317. The molecule has 0 spiro atoms. The van der Waals surface area contributed by atoms with Crippen LogP contribution in [-0.2, 0) is 20.9 Å². The zero-order valence-corrected chi connectivity index (χ0v) is 16.5. The molecule has 29 heavy (non-hydrogen) atoms. The van der Waals surface area contributed by atoms with Crippen molar-refractivity contribution in [2.75, 3.05) is 14.2 Å². The molecular weight excluding hydrogens is 370 g/mol. The number of fused-ring (bicyclic) bond motifs is 1. The lowest BCUT2D eigenvalue weighted by atomic mass is 10.0. The van der Waals surface area contributed by atoms with Crippen molar-refractivity contribution in [1.82, 2.24) is 4.98 Å². The summed E-state index contributed by atoms with van der Waals surface area (Å²) in [6.07, 6.45) is 2.97. The lowest BCUT2D eigenvalue weighted by molar-refractivity contribution is -0.139. The number of aromatic nitrogens is 1. The number of aryl methyl sites for hydroxylation is 1. The van der Waals surface area contributed by atoms with Gasteiger partial charge in [-0.1, -0.05) is 30.3 Å². The fourth-order valence-electron chi connectivity index (χ4n) is 2.98. The minimum absolute atomic E-state index is 0.137. The highest BCUT2D eigenvalue weighted by Gasteiger charge is 2.20. The monoisotopic (exact) mass is 391 g/mol. The maximum absolute atomic E-state index is 12.3. The second kappa shape index (κ2) is 9.01. The molecule has 6 nitrogen and oxygen atoms in total. The number of para-hydroxylation sites is 1. The number of methoxy groups -OCH3 is 2. The van der Waals surface area contributed by atoms with Crippen molar-refractivity contribution in [1.29, 1.82) is 0 Å². The van der Waals surface area contributed by atoms with Gasteiger partial charge in [0.25, 0.3) is 0 Å². The molecule has 0 aliphatic carbocycles. The second-order valence-corrected chi connectivity index (χ2v) is 6.28. The number of benzene rings is 2. The van der Waals surface area contributed by atoms with Crippen LogP contribution < -0.4 is 4.74 Å². The van der Waals surface area contributed by atoms with E-state index in [0.29, 0.717) is 11.3 Å². The highest BCUT2D eigenvalue weighted by Crippen LogP contribution is 2.24. The van der Waals surface area contributed by atoms with Gasteiger partial charge in [0, 0.05) is 11.5 Å². The fourth-order valence-corrected chi connectivity index (χ4v) is 2.98. The van der Waals surface area contributed by atoms with Gasteiger partial charge in [-0.05, 0) is 42.3 Å². The summed E-state index contributed by atoms with van der Waals surface area (Å²) in [5.41, 5.74) is 2.97. The van der Waals surface area contributed by atoms with Crippen LogP contribution >= 0.6 is 0 Å². The second-order valence-electron chi connectivity index (χ2n) is 6.28. The van der Waals surface area contributed by atoms with Crippen LogP contribution in [0.2, 0.25) is 0 Å². The Morgan fingerprint density at radius 2 is 1.76 bits per heavy atom. The van der Waals surface area contributed by atoms with Crippen LogP contribution in [0.4, 0.5) is 0 Å². The van der Waals surface area contributed by atoms with Crippen LogP contribution in [0.15, 0.2) is 54.6 Å². The first-order chi connectivity index (χ1) is 14.0. The first-order valence-electron chi connectivity index (χ1n) is 8.99. The van der Waals surface area contributed by atoms with Crippen LogP contribution in [0, 0.1) is 6.92 Å². The summed E-state index contributed by atoms with van der Waals surface area (Å²) in [6, 6.07) is 14.7. The molecule has 0 bridgehead atoms. The molecule has 6 heteroatoms. The Labute approximate surface area is 168 Å². The Hall–Kier alpha value is -3.67. The third-order valence-electron chi connectivity index (χ3n) is 4.50. The van der Waals surface area contributed by atoms with Crippen molar-refractivity contribution < 1.29 is 23.8 Å². The molecule has 0 saturated heterocycles. The number of pyridine rings is 1. The van der Waals surface area contributed by atoms with Crippen LogP contribution in [0.3, 0.4) is 0 Å². The maximum atomic E-state index is 12.3. The Kier molecular flexibility index (Phi) is 6.24. The van der Waals surface area contributed by atoms with Gasteiger partial charge in [0.05, 0.1) is 31.0 Å². The van der Waals surface area contributed by atoms with Crippen LogP contribution in [-0.4, -0.2) is 31.1 Å². The number of carbonyl (C=O) groups excluding carboxylic acids is 2. The minimum Gasteiger partial charge on any atom is -0.497 e.